The predicted octanol–water partition coefficient (Wildman–Crippen LogP) is 3.14. The first-order chi connectivity index (χ1) is 10.3. The first-order valence-electron chi connectivity index (χ1n) is 7.51. The molecular weight excluding hydrogens is 262 g/mol. The normalized spacial score (nSPS) is 14.5. The Bertz CT molecular complexity index is 623. The van der Waals surface area contributed by atoms with Gasteiger partial charge in [0.05, 0.1) is 6.61 Å². The van der Waals surface area contributed by atoms with Crippen molar-refractivity contribution < 1.29 is 4.74 Å². The molecule has 0 unspecified atom stereocenters. The van der Waals surface area contributed by atoms with E-state index in [0.29, 0.717) is 12.4 Å². The van der Waals surface area contributed by atoms with E-state index in [1.54, 1.807) is 7.11 Å². The van der Waals surface area contributed by atoms with E-state index in [2.05, 4.69) is 4.98 Å². The van der Waals surface area contributed by atoms with Crippen LogP contribution in [0.15, 0.2) is 24.3 Å². The summed E-state index contributed by atoms with van der Waals surface area (Å²) in [6.45, 7) is 0.619. The summed E-state index contributed by atoms with van der Waals surface area (Å²) < 4.78 is 5.13. The molecule has 0 spiro atoms. The zero-order valence-electron chi connectivity index (χ0n) is 12.4. The molecule has 0 saturated carbocycles. The largest absolute Gasteiger partial charge is 0.383 e. The number of hydrogen-bond donors (Lipinski definition) is 1. The number of aromatic nitrogens is 2. The Balaban J connectivity index is 1.95. The fourth-order valence-electron chi connectivity index (χ4n) is 2.85. The molecule has 4 nitrogen and oxygen atoms in total. The van der Waals surface area contributed by atoms with Gasteiger partial charge in [-0.05, 0) is 31.2 Å². The maximum Gasteiger partial charge on any atom is 0.161 e. The molecule has 1 aliphatic rings. The van der Waals surface area contributed by atoms with Gasteiger partial charge in [-0.2, -0.15) is 0 Å². The molecule has 21 heavy (non-hydrogen) atoms. The van der Waals surface area contributed by atoms with E-state index in [1.165, 1.54) is 19.3 Å². The summed E-state index contributed by atoms with van der Waals surface area (Å²) in [5.41, 5.74) is 10.6. The summed E-state index contributed by atoms with van der Waals surface area (Å²) in [4.78, 5) is 9.27. The number of methoxy groups -OCH3 is 1. The molecule has 2 N–H and O–H groups in total. The van der Waals surface area contributed by atoms with Crippen molar-refractivity contribution in [2.45, 2.75) is 38.7 Å². The van der Waals surface area contributed by atoms with Crippen LogP contribution in [0.1, 0.15) is 36.1 Å². The smallest absolute Gasteiger partial charge is 0.161 e. The van der Waals surface area contributed by atoms with Gasteiger partial charge in [0, 0.05) is 23.9 Å². The van der Waals surface area contributed by atoms with Crippen molar-refractivity contribution >= 4 is 5.82 Å². The molecule has 0 atom stereocenters. The van der Waals surface area contributed by atoms with E-state index in [-0.39, 0.29) is 0 Å². The Morgan fingerprint density at radius 3 is 2.57 bits per heavy atom. The van der Waals surface area contributed by atoms with Gasteiger partial charge >= 0.3 is 0 Å². The third-order valence-electron chi connectivity index (χ3n) is 3.99. The molecule has 1 aliphatic carbocycles. The molecule has 110 valence electrons. The molecule has 1 aromatic carbocycles. The SMILES string of the molecule is COCc1ccc(-c2nc(N)c3c(n2)CCCCC3)cc1. The van der Waals surface area contributed by atoms with Gasteiger partial charge in [0.1, 0.15) is 5.82 Å². The van der Waals surface area contributed by atoms with Crippen molar-refractivity contribution in [2.24, 2.45) is 0 Å². The summed E-state index contributed by atoms with van der Waals surface area (Å²) in [5, 5.41) is 0. The lowest BCUT2D eigenvalue weighted by molar-refractivity contribution is 0.185. The van der Waals surface area contributed by atoms with E-state index in [4.69, 9.17) is 15.5 Å². The second-order valence-electron chi connectivity index (χ2n) is 5.55. The lowest BCUT2D eigenvalue weighted by Crippen LogP contribution is -2.06. The third-order valence-corrected chi connectivity index (χ3v) is 3.99. The highest BCUT2D eigenvalue weighted by atomic mass is 16.5. The molecule has 4 heteroatoms. The van der Waals surface area contributed by atoms with E-state index in [9.17, 15) is 0 Å². The lowest BCUT2D eigenvalue weighted by Gasteiger charge is -2.10. The third kappa shape index (κ3) is 3.05. The molecule has 0 bridgehead atoms. The van der Waals surface area contributed by atoms with Gasteiger partial charge in [0.15, 0.2) is 5.82 Å². The minimum atomic E-state index is 0.619. The fourth-order valence-corrected chi connectivity index (χ4v) is 2.85. The van der Waals surface area contributed by atoms with Crippen LogP contribution in [-0.4, -0.2) is 17.1 Å². The van der Waals surface area contributed by atoms with Crippen LogP contribution in [0.2, 0.25) is 0 Å². The van der Waals surface area contributed by atoms with E-state index >= 15 is 0 Å². The van der Waals surface area contributed by atoms with Crippen LogP contribution in [0, 0.1) is 0 Å². The first-order valence-corrected chi connectivity index (χ1v) is 7.51. The Morgan fingerprint density at radius 2 is 1.81 bits per heavy atom. The Labute approximate surface area is 125 Å². The number of anilines is 1. The highest BCUT2D eigenvalue weighted by Crippen LogP contribution is 2.26. The molecule has 1 aromatic heterocycles. The van der Waals surface area contributed by atoms with Gasteiger partial charge in [0.2, 0.25) is 0 Å². The molecule has 0 fully saturated rings. The average molecular weight is 283 g/mol. The van der Waals surface area contributed by atoms with Crippen molar-refractivity contribution in [3.05, 3.63) is 41.1 Å². The van der Waals surface area contributed by atoms with Crippen LogP contribution in [-0.2, 0) is 24.2 Å². The number of nitrogens with two attached hydrogens (primary N) is 1. The van der Waals surface area contributed by atoms with Crippen LogP contribution < -0.4 is 5.73 Å². The topological polar surface area (TPSA) is 61.0 Å². The van der Waals surface area contributed by atoms with Crippen LogP contribution in [0.5, 0.6) is 0 Å². The summed E-state index contributed by atoms with van der Waals surface area (Å²) in [6, 6.07) is 8.16. The molecule has 0 saturated heterocycles. The summed E-state index contributed by atoms with van der Waals surface area (Å²) in [5.74, 6) is 1.38. The van der Waals surface area contributed by atoms with Crippen LogP contribution in [0.3, 0.4) is 0 Å². The number of aryl methyl sites for hydroxylation is 1. The number of fused-ring (bicyclic) bond motifs is 1. The number of ether oxygens (including phenoxy) is 1. The lowest BCUT2D eigenvalue weighted by atomic mass is 10.1. The number of nitrogens with zero attached hydrogens (tertiary/aromatic N) is 2. The zero-order chi connectivity index (χ0) is 14.7. The Kier molecular flexibility index (Phi) is 4.15. The Hall–Kier alpha value is -1.94. The van der Waals surface area contributed by atoms with Crippen molar-refractivity contribution in [1.82, 2.24) is 9.97 Å². The highest BCUT2D eigenvalue weighted by Gasteiger charge is 2.15. The van der Waals surface area contributed by atoms with E-state index < -0.39 is 0 Å². The second kappa shape index (κ2) is 6.22. The second-order valence-corrected chi connectivity index (χ2v) is 5.55. The molecule has 2 aromatic rings. The van der Waals surface area contributed by atoms with Gasteiger partial charge < -0.3 is 10.5 Å². The van der Waals surface area contributed by atoms with Crippen molar-refractivity contribution in [3.63, 3.8) is 0 Å². The maximum atomic E-state index is 6.16. The van der Waals surface area contributed by atoms with Gasteiger partial charge in [0.25, 0.3) is 0 Å². The molecule has 3 rings (SSSR count). The highest BCUT2D eigenvalue weighted by molar-refractivity contribution is 5.59. The quantitative estimate of drug-likeness (QED) is 0.879. The van der Waals surface area contributed by atoms with Crippen LogP contribution in [0.25, 0.3) is 11.4 Å². The number of rotatable bonds is 3. The van der Waals surface area contributed by atoms with Gasteiger partial charge in [-0.25, -0.2) is 9.97 Å². The van der Waals surface area contributed by atoms with Crippen LogP contribution in [0.4, 0.5) is 5.82 Å². The summed E-state index contributed by atoms with van der Waals surface area (Å²) in [6.07, 6.45) is 5.64. The number of hydrogen-bond acceptors (Lipinski definition) is 4. The van der Waals surface area contributed by atoms with Gasteiger partial charge in [-0.1, -0.05) is 30.7 Å². The number of nitrogen functional groups attached to an aromatic ring is 1. The maximum absolute atomic E-state index is 6.16. The van der Waals surface area contributed by atoms with Gasteiger partial charge in [-0.3, -0.25) is 0 Å². The standard InChI is InChI=1S/C17H21N3O/c1-21-11-12-7-9-13(10-8-12)17-19-15-6-4-2-3-5-14(15)16(18)20-17/h7-10H,2-6,11H2,1H3,(H2,18,19,20). The van der Waals surface area contributed by atoms with Crippen LogP contribution >= 0.6 is 0 Å². The predicted molar refractivity (Wildman–Crippen MR) is 83.9 cm³/mol. The summed E-state index contributed by atoms with van der Waals surface area (Å²) >= 11 is 0. The van der Waals surface area contributed by atoms with Crippen molar-refractivity contribution in [3.8, 4) is 11.4 Å². The molecule has 1 heterocycles. The zero-order valence-corrected chi connectivity index (χ0v) is 12.4. The molecular formula is C17H21N3O. The minimum Gasteiger partial charge on any atom is -0.383 e. The first kappa shape index (κ1) is 14.0. The minimum absolute atomic E-state index is 0.619. The fraction of sp³-hybridized carbons (Fsp3) is 0.412. The van der Waals surface area contributed by atoms with E-state index in [0.717, 1.165) is 41.1 Å². The van der Waals surface area contributed by atoms with E-state index in [1.807, 2.05) is 24.3 Å². The van der Waals surface area contributed by atoms with Gasteiger partial charge in [-0.15, -0.1) is 0 Å². The molecule has 0 amide bonds. The monoisotopic (exact) mass is 283 g/mol. The Morgan fingerprint density at radius 1 is 1.05 bits per heavy atom. The molecule has 0 radical (unpaired) electrons. The van der Waals surface area contributed by atoms with Crippen molar-refractivity contribution in [1.29, 1.82) is 0 Å². The number of benzene rings is 1. The average Bonchev–Trinajstić information content (AvgIpc) is 2.74. The summed E-state index contributed by atoms with van der Waals surface area (Å²) in [7, 11) is 1.70. The van der Waals surface area contributed by atoms with Crippen molar-refractivity contribution in [2.75, 3.05) is 12.8 Å². The molecule has 0 aliphatic heterocycles.